The van der Waals surface area contributed by atoms with E-state index in [9.17, 15) is 4.79 Å². The van der Waals surface area contributed by atoms with Gasteiger partial charge in [-0.2, -0.15) is 0 Å². The number of carbonyl (C=O) groups excluding carboxylic acids is 1. The van der Waals surface area contributed by atoms with Gasteiger partial charge >= 0.3 is 0 Å². The Morgan fingerprint density at radius 2 is 1.67 bits per heavy atom. The van der Waals surface area contributed by atoms with Crippen LogP contribution in [0.4, 0.5) is 0 Å². The van der Waals surface area contributed by atoms with Crippen molar-refractivity contribution in [2.24, 2.45) is 5.73 Å². The molecule has 2 aromatic rings. The molecule has 0 aromatic heterocycles. The number of nitrogens with two attached hydrogens (primary N) is 1. The molecule has 2 aromatic carbocycles. The van der Waals surface area contributed by atoms with Gasteiger partial charge in [-0.05, 0) is 23.3 Å². The first-order valence-electron chi connectivity index (χ1n) is 7.88. The van der Waals surface area contributed by atoms with E-state index in [2.05, 4.69) is 47.4 Å². The van der Waals surface area contributed by atoms with Crippen LogP contribution in [0.3, 0.4) is 0 Å². The minimum Gasteiger partial charge on any atom is -0.339 e. The Balaban J connectivity index is 0.00000144. The molecule has 1 fully saturated rings. The van der Waals surface area contributed by atoms with Crippen molar-refractivity contribution in [3.05, 3.63) is 48.0 Å². The molecule has 132 valence electrons. The van der Waals surface area contributed by atoms with Crippen molar-refractivity contribution in [3.63, 3.8) is 0 Å². The van der Waals surface area contributed by atoms with Crippen molar-refractivity contribution < 1.29 is 4.79 Å². The second-order valence-electron chi connectivity index (χ2n) is 6.03. The van der Waals surface area contributed by atoms with Crippen LogP contribution in [0.5, 0.6) is 0 Å². The van der Waals surface area contributed by atoms with Gasteiger partial charge in [-0.15, -0.1) is 24.8 Å². The largest absolute Gasteiger partial charge is 0.339 e. The Morgan fingerprint density at radius 1 is 1.04 bits per heavy atom. The van der Waals surface area contributed by atoms with E-state index >= 15 is 0 Å². The molecule has 24 heavy (non-hydrogen) atoms. The van der Waals surface area contributed by atoms with E-state index in [4.69, 9.17) is 5.73 Å². The fraction of sp³-hybridized carbons (Fsp3) is 0.389. The smallest absolute Gasteiger partial charge is 0.239 e. The highest BCUT2D eigenvalue weighted by molar-refractivity contribution is 5.86. The van der Waals surface area contributed by atoms with Crippen molar-refractivity contribution in [2.45, 2.75) is 19.5 Å². The fourth-order valence-corrected chi connectivity index (χ4v) is 3.09. The minimum absolute atomic E-state index is 0. The highest BCUT2D eigenvalue weighted by atomic mass is 35.5. The van der Waals surface area contributed by atoms with Crippen molar-refractivity contribution in [1.29, 1.82) is 0 Å². The molecule has 0 unspecified atom stereocenters. The van der Waals surface area contributed by atoms with Crippen molar-refractivity contribution in [1.82, 2.24) is 9.80 Å². The molecule has 2 N–H and O–H groups in total. The first kappa shape index (κ1) is 20.7. The molecule has 1 aliphatic heterocycles. The summed E-state index contributed by atoms with van der Waals surface area (Å²) in [6.45, 7) is 6.03. The van der Waals surface area contributed by atoms with E-state index in [-0.39, 0.29) is 30.7 Å². The third-order valence-electron chi connectivity index (χ3n) is 4.35. The summed E-state index contributed by atoms with van der Waals surface area (Å²) in [4.78, 5) is 16.2. The maximum atomic E-state index is 11.9. The lowest BCUT2D eigenvalue weighted by Gasteiger charge is -2.35. The fourth-order valence-electron chi connectivity index (χ4n) is 3.09. The number of hydrogen-bond acceptors (Lipinski definition) is 3. The van der Waals surface area contributed by atoms with Gasteiger partial charge in [0.1, 0.15) is 0 Å². The summed E-state index contributed by atoms with van der Waals surface area (Å²) < 4.78 is 0. The molecule has 4 nitrogen and oxygen atoms in total. The number of amides is 1. The van der Waals surface area contributed by atoms with Gasteiger partial charge in [-0.1, -0.05) is 42.5 Å². The van der Waals surface area contributed by atoms with E-state index in [1.807, 2.05) is 4.90 Å². The first-order chi connectivity index (χ1) is 10.6. The summed E-state index contributed by atoms with van der Waals surface area (Å²) in [7, 11) is 0. The predicted molar refractivity (Wildman–Crippen MR) is 104 cm³/mol. The lowest BCUT2D eigenvalue weighted by atomic mass is 10.0. The molecule has 1 aliphatic rings. The summed E-state index contributed by atoms with van der Waals surface area (Å²) in [6, 6.07) is 14.6. The average molecular weight is 370 g/mol. The molecule has 0 spiro atoms. The molecule has 1 saturated heterocycles. The lowest BCUT2D eigenvalue weighted by molar-refractivity contribution is -0.134. The summed E-state index contributed by atoms with van der Waals surface area (Å²) >= 11 is 0. The summed E-state index contributed by atoms with van der Waals surface area (Å²) in [5.41, 5.74) is 7.03. The van der Waals surface area contributed by atoms with Gasteiger partial charge in [-0.25, -0.2) is 0 Å². The van der Waals surface area contributed by atoms with Gasteiger partial charge in [0.05, 0.1) is 6.04 Å². The van der Waals surface area contributed by atoms with Gasteiger partial charge in [0, 0.05) is 32.7 Å². The Kier molecular flexibility index (Phi) is 7.97. The number of nitrogens with zero attached hydrogens (tertiary/aromatic N) is 2. The van der Waals surface area contributed by atoms with Crippen LogP contribution in [0.2, 0.25) is 0 Å². The molecule has 0 bridgehead atoms. The zero-order valence-electron chi connectivity index (χ0n) is 13.9. The maximum absolute atomic E-state index is 11.9. The van der Waals surface area contributed by atoms with E-state index in [0.717, 1.165) is 32.7 Å². The zero-order chi connectivity index (χ0) is 15.5. The van der Waals surface area contributed by atoms with Gasteiger partial charge in [-0.3, -0.25) is 9.69 Å². The van der Waals surface area contributed by atoms with E-state index < -0.39 is 6.04 Å². The van der Waals surface area contributed by atoms with Gasteiger partial charge in [0.15, 0.2) is 0 Å². The van der Waals surface area contributed by atoms with Crippen LogP contribution >= 0.6 is 24.8 Å². The Morgan fingerprint density at radius 3 is 2.33 bits per heavy atom. The molecule has 3 rings (SSSR count). The molecule has 1 heterocycles. The van der Waals surface area contributed by atoms with Gasteiger partial charge in [0.25, 0.3) is 0 Å². The molecule has 1 amide bonds. The molecular weight excluding hydrogens is 345 g/mol. The molecular formula is C18H25Cl2N3O. The Labute approximate surface area is 155 Å². The van der Waals surface area contributed by atoms with Crippen LogP contribution < -0.4 is 5.73 Å². The van der Waals surface area contributed by atoms with Crippen LogP contribution in [-0.4, -0.2) is 47.9 Å². The number of benzene rings is 2. The third kappa shape index (κ3) is 4.61. The quantitative estimate of drug-likeness (QED) is 0.904. The molecule has 0 saturated carbocycles. The number of hydrogen-bond donors (Lipinski definition) is 1. The molecule has 0 aliphatic carbocycles. The van der Waals surface area contributed by atoms with Crippen LogP contribution in [0.15, 0.2) is 42.5 Å². The molecule has 1 atom stereocenters. The van der Waals surface area contributed by atoms with Crippen LogP contribution in [-0.2, 0) is 11.3 Å². The number of fused-ring (bicyclic) bond motifs is 1. The predicted octanol–water partition coefficient (Wildman–Crippen LogP) is 2.67. The first-order valence-corrected chi connectivity index (χ1v) is 7.88. The second-order valence-corrected chi connectivity index (χ2v) is 6.03. The molecule has 0 radical (unpaired) electrons. The standard InChI is InChI=1S/C18H23N3O.2ClH/c1-14(19)18(22)21-11-9-20(10-12-21)13-16-7-4-6-15-5-2-3-8-17(15)16;;/h2-8,14H,9-13,19H2,1H3;2*1H/t14-;;/m1../s1. The summed E-state index contributed by atoms with van der Waals surface area (Å²) in [6.07, 6.45) is 0. The minimum atomic E-state index is -0.399. The monoisotopic (exact) mass is 369 g/mol. The lowest BCUT2D eigenvalue weighted by Crippen LogP contribution is -2.52. The van der Waals surface area contributed by atoms with E-state index in [0.29, 0.717) is 0 Å². The van der Waals surface area contributed by atoms with E-state index in [1.165, 1.54) is 16.3 Å². The van der Waals surface area contributed by atoms with Crippen molar-refractivity contribution in [2.75, 3.05) is 26.2 Å². The zero-order valence-corrected chi connectivity index (χ0v) is 15.5. The van der Waals surface area contributed by atoms with Crippen molar-refractivity contribution in [3.8, 4) is 0 Å². The van der Waals surface area contributed by atoms with Crippen LogP contribution in [0, 0.1) is 0 Å². The normalized spacial score (nSPS) is 16.2. The summed E-state index contributed by atoms with van der Waals surface area (Å²) in [5, 5.41) is 2.60. The average Bonchev–Trinajstić information content (AvgIpc) is 2.55. The van der Waals surface area contributed by atoms with Crippen molar-refractivity contribution >= 4 is 41.5 Å². The van der Waals surface area contributed by atoms with Gasteiger partial charge in [0.2, 0.25) is 5.91 Å². The Hall–Kier alpha value is -1.33. The topological polar surface area (TPSA) is 49.6 Å². The van der Waals surface area contributed by atoms with Crippen LogP contribution in [0.1, 0.15) is 12.5 Å². The van der Waals surface area contributed by atoms with E-state index in [1.54, 1.807) is 6.92 Å². The number of halogens is 2. The highest BCUT2D eigenvalue weighted by Gasteiger charge is 2.23. The SMILES string of the molecule is C[C@@H](N)C(=O)N1CCN(Cc2cccc3ccccc23)CC1.Cl.Cl. The number of piperazine rings is 1. The maximum Gasteiger partial charge on any atom is 0.239 e. The summed E-state index contributed by atoms with van der Waals surface area (Å²) in [5.74, 6) is 0.0600. The van der Waals surface area contributed by atoms with Gasteiger partial charge < -0.3 is 10.6 Å². The third-order valence-corrected chi connectivity index (χ3v) is 4.35. The molecule has 6 heteroatoms. The highest BCUT2D eigenvalue weighted by Crippen LogP contribution is 2.20. The second kappa shape index (κ2) is 9.23. The number of rotatable bonds is 3. The van der Waals surface area contributed by atoms with Crippen LogP contribution in [0.25, 0.3) is 10.8 Å². The Bertz CT molecular complexity index is 665. The number of carbonyl (C=O) groups is 1.